The zero-order chi connectivity index (χ0) is 13.7. The van der Waals surface area contributed by atoms with E-state index in [1.807, 2.05) is 36.4 Å². The lowest BCUT2D eigenvalue weighted by molar-refractivity contribution is 0.475. The summed E-state index contributed by atoms with van der Waals surface area (Å²) in [7, 11) is 0. The molecule has 1 N–H and O–H groups in total. The Hall–Kier alpha value is -1.41. The highest BCUT2D eigenvalue weighted by atomic mass is 32.1. The van der Waals surface area contributed by atoms with Crippen molar-refractivity contribution in [3.8, 4) is 16.9 Å². The Morgan fingerprint density at radius 2 is 1.74 bits per heavy atom. The van der Waals surface area contributed by atoms with Gasteiger partial charge in [0.15, 0.2) is 0 Å². The fraction of sp³-hybridized carbons (Fsp3) is 0.294. The summed E-state index contributed by atoms with van der Waals surface area (Å²) < 4.78 is 0. The van der Waals surface area contributed by atoms with E-state index in [4.69, 9.17) is 0 Å². The number of rotatable bonds is 5. The van der Waals surface area contributed by atoms with Gasteiger partial charge in [0, 0.05) is 10.5 Å². The predicted octanol–water partition coefficient (Wildman–Crippen LogP) is 5.08. The van der Waals surface area contributed by atoms with Crippen LogP contribution >= 0.6 is 12.6 Å². The fourth-order valence-electron chi connectivity index (χ4n) is 2.28. The molecule has 2 aromatic rings. The third kappa shape index (κ3) is 3.32. The number of aromatic hydroxyl groups is 1. The third-order valence-electron chi connectivity index (χ3n) is 3.35. The van der Waals surface area contributed by atoms with Crippen LogP contribution in [0.4, 0.5) is 0 Å². The number of aryl methyl sites for hydroxylation is 1. The van der Waals surface area contributed by atoms with Gasteiger partial charge in [-0.25, -0.2) is 0 Å². The van der Waals surface area contributed by atoms with Crippen molar-refractivity contribution >= 4 is 12.6 Å². The first-order valence-corrected chi connectivity index (χ1v) is 7.28. The molecule has 1 nitrogen and oxygen atoms in total. The van der Waals surface area contributed by atoms with Gasteiger partial charge in [0.2, 0.25) is 0 Å². The van der Waals surface area contributed by atoms with Crippen LogP contribution in [0.15, 0.2) is 47.4 Å². The van der Waals surface area contributed by atoms with Gasteiger partial charge in [0.05, 0.1) is 0 Å². The highest BCUT2D eigenvalue weighted by Crippen LogP contribution is 2.37. The van der Waals surface area contributed by atoms with E-state index in [9.17, 15) is 5.11 Å². The lowest BCUT2D eigenvalue weighted by Gasteiger charge is -2.12. The summed E-state index contributed by atoms with van der Waals surface area (Å²) in [6.45, 7) is 2.20. The molecule has 0 heterocycles. The van der Waals surface area contributed by atoms with Crippen molar-refractivity contribution in [3.05, 3.63) is 48.0 Å². The van der Waals surface area contributed by atoms with Crippen molar-refractivity contribution in [2.24, 2.45) is 0 Å². The van der Waals surface area contributed by atoms with Crippen LogP contribution in [-0.4, -0.2) is 5.11 Å². The fourth-order valence-corrected chi connectivity index (χ4v) is 2.71. The average Bonchev–Trinajstić information content (AvgIpc) is 2.43. The maximum atomic E-state index is 10.1. The maximum absolute atomic E-state index is 10.1. The summed E-state index contributed by atoms with van der Waals surface area (Å²) in [6, 6.07) is 13.7. The molecular formula is C17H20OS. The zero-order valence-corrected chi connectivity index (χ0v) is 12.2. The molecule has 0 unspecified atom stereocenters. The Bertz CT molecular complexity index is 534. The molecule has 0 spiro atoms. The first-order valence-electron chi connectivity index (χ1n) is 6.83. The van der Waals surface area contributed by atoms with Crippen LogP contribution in [0.3, 0.4) is 0 Å². The Morgan fingerprint density at radius 3 is 2.42 bits per heavy atom. The van der Waals surface area contributed by atoms with Crippen molar-refractivity contribution in [3.63, 3.8) is 0 Å². The number of phenols is 1. The van der Waals surface area contributed by atoms with Crippen molar-refractivity contribution in [1.29, 1.82) is 0 Å². The van der Waals surface area contributed by atoms with E-state index in [0.29, 0.717) is 5.75 Å². The van der Waals surface area contributed by atoms with Crippen LogP contribution in [0.25, 0.3) is 11.1 Å². The molecule has 0 aliphatic heterocycles. The monoisotopic (exact) mass is 272 g/mol. The van der Waals surface area contributed by atoms with Crippen molar-refractivity contribution in [2.75, 3.05) is 0 Å². The second-order valence-corrected chi connectivity index (χ2v) is 5.24. The van der Waals surface area contributed by atoms with E-state index in [2.05, 4.69) is 19.6 Å². The lowest BCUT2D eigenvalue weighted by atomic mass is 9.99. The molecular weight excluding hydrogens is 252 g/mol. The van der Waals surface area contributed by atoms with Crippen LogP contribution in [0, 0.1) is 0 Å². The number of hydrogen-bond acceptors (Lipinski definition) is 2. The van der Waals surface area contributed by atoms with Crippen LogP contribution < -0.4 is 0 Å². The largest absolute Gasteiger partial charge is 0.507 e. The van der Waals surface area contributed by atoms with E-state index in [1.54, 1.807) is 6.07 Å². The van der Waals surface area contributed by atoms with Gasteiger partial charge in [-0.3, -0.25) is 0 Å². The van der Waals surface area contributed by atoms with Gasteiger partial charge in [0.1, 0.15) is 5.75 Å². The summed E-state index contributed by atoms with van der Waals surface area (Å²) in [5.41, 5.74) is 3.08. The third-order valence-corrected chi connectivity index (χ3v) is 3.86. The van der Waals surface area contributed by atoms with Crippen molar-refractivity contribution < 1.29 is 5.11 Å². The molecule has 2 heteroatoms. The van der Waals surface area contributed by atoms with Crippen molar-refractivity contribution in [2.45, 2.75) is 37.5 Å². The number of unbranched alkanes of at least 4 members (excludes halogenated alkanes) is 2. The number of benzene rings is 2. The predicted molar refractivity (Wildman–Crippen MR) is 84.0 cm³/mol. The molecule has 100 valence electrons. The minimum absolute atomic E-state index is 0.301. The molecule has 0 saturated heterocycles. The van der Waals surface area contributed by atoms with E-state index >= 15 is 0 Å². The highest BCUT2D eigenvalue weighted by molar-refractivity contribution is 7.80. The number of phenolic OH excluding ortho intramolecular Hbond substituents is 1. The summed E-state index contributed by atoms with van der Waals surface area (Å²) in [5, 5.41) is 10.1. The topological polar surface area (TPSA) is 20.2 Å². The molecule has 0 amide bonds. The van der Waals surface area contributed by atoms with Crippen LogP contribution in [0.5, 0.6) is 5.75 Å². The minimum Gasteiger partial charge on any atom is -0.507 e. The van der Waals surface area contributed by atoms with E-state index < -0.39 is 0 Å². The van der Waals surface area contributed by atoms with Crippen LogP contribution in [0.1, 0.15) is 31.7 Å². The first kappa shape index (κ1) is 14.0. The second-order valence-electron chi connectivity index (χ2n) is 4.79. The van der Waals surface area contributed by atoms with Gasteiger partial charge < -0.3 is 5.11 Å². The minimum atomic E-state index is 0.301. The summed E-state index contributed by atoms with van der Waals surface area (Å²) in [5.74, 6) is 0.301. The van der Waals surface area contributed by atoms with Crippen LogP contribution in [-0.2, 0) is 6.42 Å². The quantitative estimate of drug-likeness (QED) is 0.574. The summed E-state index contributed by atoms with van der Waals surface area (Å²) in [4.78, 5) is 0.905. The van der Waals surface area contributed by atoms with Gasteiger partial charge in [-0.2, -0.15) is 0 Å². The summed E-state index contributed by atoms with van der Waals surface area (Å²) in [6.07, 6.45) is 4.64. The van der Waals surface area contributed by atoms with Crippen molar-refractivity contribution in [1.82, 2.24) is 0 Å². The highest BCUT2D eigenvalue weighted by Gasteiger charge is 2.11. The Kier molecular flexibility index (Phi) is 4.92. The molecule has 0 bridgehead atoms. The molecule has 2 aromatic carbocycles. The molecule has 0 saturated carbocycles. The van der Waals surface area contributed by atoms with Crippen LogP contribution in [0.2, 0.25) is 0 Å². The molecule has 0 aliphatic rings. The molecule has 19 heavy (non-hydrogen) atoms. The molecule has 0 aromatic heterocycles. The number of hydrogen-bond donors (Lipinski definition) is 2. The Labute approximate surface area is 120 Å². The van der Waals surface area contributed by atoms with E-state index in [0.717, 1.165) is 22.4 Å². The summed E-state index contributed by atoms with van der Waals surface area (Å²) >= 11 is 4.63. The van der Waals surface area contributed by atoms with Gasteiger partial charge in [-0.15, -0.1) is 12.6 Å². The van der Waals surface area contributed by atoms with Gasteiger partial charge >= 0.3 is 0 Å². The SMILES string of the molecule is CCCCCc1ccc(O)c(-c2ccccc2)c1S. The Balaban J connectivity index is 2.35. The molecule has 0 radical (unpaired) electrons. The van der Waals surface area contributed by atoms with E-state index in [-0.39, 0.29) is 0 Å². The molecule has 2 rings (SSSR count). The molecule has 0 atom stereocenters. The smallest absolute Gasteiger partial charge is 0.124 e. The Morgan fingerprint density at radius 1 is 1.00 bits per heavy atom. The average molecular weight is 272 g/mol. The van der Waals surface area contributed by atoms with Gasteiger partial charge in [0.25, 0.3) is 0 Å². The first-order chi connectivity index (χ1) is 9.24. The van der Waals surface area contributed by atoms with Gasteiger partial charge in [-0.05, 0) is 30.0 Å². The second kappa shape index (κ2) is 6.67. The molecule has 0 aliphatic carbocycles. The van der Waals surface area contributed by atoms with Gasteiger partial charge in [-0.1, -0.05) is 56.2 Å². The standard InChI is InChI=1S/C17H20OS/c1-2-3-5-10-14-11-12-15(18)16(17(14)19)13-8-6-4-7-9-13/h4,6-9,11-12,18-19H,2-3,5,10H2,1H3. The van der Waals surface area contributed by atoms with E-state index in [1.165, 1.54) is 24.8 Å². The maximum Gasteiger partial charge on any atom is 0.124 e. The normalized spacial score (nSPS) is 10.6. The molecule has 0 fully saturated rings. The number of thiol groups is 1. The zero-order valence-electron chi connectivity index (χ0n) is 11.3. The lowest BCUT2D eigenvalue weighted by Crippen LogP contribution is -1.91.